The van der Waals surface area contributed by atoms with Gasteiger partial charge in [-0.2, -0.15) is 5.26 Å². The van der Waals surface area contributed by atoms with Crippen LogP contribution in [0.4, 0.5) is 0 Å². The van der Waals surface area contributed by atoms with Crippen LogP contribution >= 0.6 is 0 Å². The second kappa shape index (κ2) is 8.76. The van der Waals surface area contributed by atoms with Crippen LogP contribution in [0.1, 0.15) is 37.8 Å². The number of rotatable bonds is 7. The summed E-state index contributed by atoms with van der Waals surface area (Å²) >= 11 is 0. The number of carbonyl (C=O) groups is 3. The van der Waals surface area contributed by atoms with Gasteiger partial charge in [-0.25, -0.2) is 0 Å². The SMILES string of the molecule is CC(=O)NC(CNC(=O)CC1CC(c2ccc(C#N)cc2)=NO1)C(C)=O. The maximum Gasteiger partial charge on any atom is 0.223 e. The van der Waals surface area contributed by atoms with E-state index in [1.165, 1.54) is 13.8 Å². The third-order valence-electron chi connectivity index (χ3n) is 3.86. The number of oxime groups is 1. The summed E-state index contributed by atoms with van der Waals surface area (Å²) in [7, 11) is 0. The first-order valence-corrected chi connectivity index (χ1v) is 8.16. The first kappa shape index (κ1) is 19.1. The molecule has 1 heterocycles. The summed E-state index contributed by atoms with van der Waals surface area (Å²) in [5.41, 5.74) is 2.12. The quantitative estimate of drug-likeness (QED) is 0.743. The molecule has 0 radical (unpaired) electrons. The summed E-state index contributed by atoms with van der Waals surface area (Å²) in [6, 6.07) is 8.27. The lowest BCUT2D eigenvalue weighted by atomic mass is 10.0. The number of hydrogen-bond acceptors (Lipinski definition) is 6. The smallest absolute Gasteiger partial charge is 0.223 e. The number of nitriles is 1. The van der Waals surface area contributed by atoms with Crippen molar-refractivity contribution < 1.29 is 19.2 Å². The predicted molar refractivity (Wildman–Crippen MR) is 93.1 cm³/mol. The molecule has 0 bridgehead atoms. The molecule has 0 aromatic heterocycles. The second-order valence-electron chi connectivity index (χ2n) is 6.03. The van der Waals surface area contributed by atoms with Gasteiger partial charge in [-0.05, 0) is 24.6 Å². The first-order chi connectivity index (χ1) is 12.4. The van der Waals surface area contributed by atoms with E-state index in [1.54, 1.807) is 24.3 Å². The van der Waals surface area contributed by atoms with Crippen LogP contribution in [0.2, 0.25) is 0 Å². The summed E-state index contributed by atoms with van der Waals surface area (Å²) in [5.74, 6) is -0.856. The van der Waals surface area contributed by atoms with Crippen LogP contribution in [0, 0.1) is 11.3 Å². The molecule has 2 atom stereocenters. The molecule has 2 amide bonds. The molecule has 8 heteroatoms. The summed E-state index contributed by atoms with van der Waals surface area (Å²) in [5, 5.41) is 17.9. The fourth-order valence-electron chi connectivity index (χ4n) is 2.48. The lowest BCUT2D eigenvalue weighted by Gasteiger charge is -2.16. The minimum atomic E-state index is -0.744. The Morgan fingerprint density at radius 3 is 2.58 bits per heavy atom. The fraction of sp³-hybridized carbons (Fsp3) is 0.389. The number of nitrogens with zero attached hydrogens (tertiary/aromatic N) is 2. The van der Waals surface area contributed by atoms with Gasteiger partial charge in [0.05, 0.1) is 23.8 Å². The molecule has 8 nitrogen and oxygen atoms in total. The van der Waals surface area contributed by atoms with Gasteiger partial charge < -0.3 is 15.5 Å². The van der Waals surface area contributed by atoms with Gasteiger partial charge in [0.25, 0.3) is 0 Å². The summed E-state index contributed by atoms with van der Waals surface area (Å²) in [4.78, 5) is 39.8. The molecule has 0 fully saturated rings. The van der Waals surface area contributed by atoms with E-state index in [2.05, 4.69) is 15.8 Å². The normalized spacial score (nSPS) is 16.7. The van der Waals surface area contributed by atoms with E-state index in [0.29, 0.717) is 17.7 Å². The standard InChI is InChI=1S/C18H20N4O4/c1-11(23)17(21-12(2)24)10-20-18(25)8-15-7-16(22-26-15)14-5-3-13(9-19)4-6-14/h3-6,15,17H,7-8,10H2,1-2H3,(H,20,25)(H,21,24). The topological polar surface area (TPSA) is 121 Å². The van der Waals surface area contributed by atoms with Crippen LogP contribution in [0.15, 0.2) is 29.4 Å². The largest absolute Gasteiger partial charge is 0.391 e. The lowest BCUT2D eigenvalue weighted by Crippen LogP contribution is -2.47. The second-order valence-corrected chi connectivity index (χ2v) is 6.03. The number of Topliss-reactive ketones (excluding diaryl/α,β-unsaturated/α-hetero) is 1. The summed E-state index contributed by atoms with van der Waals surface area (Å²) in [6.07, 6.45) is 0.173. The average Bonchev–Trinajstić information content (AvgIpc) is 3.06. The van der Waals surface area contributed by atoms with Crippen molar-refractivity contribution >= 4 is 23.3 Å². The van der Waals surface area contributed by atoms with E-state index in [-0.39, 0.29) is 30.6 Å². The van der Waals surface area contributed by atoms with Crippen LogP contribution in [0.25, 0.3) is 0 Å². The van der Waals surface area contributed by atoms with Gasteiger partial charge in [0, 0.05) is 19.9 Å². The molecule has 136 valence electrons. The van der Waals surface area contributed by atoms with E-state index >= 15 is 0 Å². The molecular formula is C18H20N4O4. The predicted octanol–water partition coefficient (Wildman–Crippen LogP) is 0.651. The van der Waals surface area contributed by atoms with E-state index < -0.39 is 12.1 Å². The van der Waals surface area contributed by atoms with Gasteiger partial charge in [-0.15, -0.1) is 0 Å². The number of nitrogens with one attached hydrogen (secondary N) is 2. The number of carbonyl (C=O) groups excluding carboxylic acids is 3. The van der Waals surface area contributed by atoms with E-state index in [0.717, 1.165) is 5.56 Å². The Morgan fingerprint density at radius 2 is 2.00 bits per heavy atom. The molecule has 0 aliphatic carbocycles. The van der Waals surface area contributed by atoms with Gasteiger partial charge in [-0.1, -0.05) is 17.3 Å². The van der Waals surface area contributed by atoms with Crippen LogP contribution < -0.4 is 10.6 Å². The summed E-state index contributed by atoms with van der Waals surface area (Å²) in [6.45, 7) is 2.69. The van der Waals surface area contributed by atoms with Crippen molar-refractivity contribution in [3.63, 3.8) is 0 Å². The number of amides is 2. The molecule has 0 saturated carbocycles. The van der Waals surface area contributed by atoms with E-state index in [9.17, 15) is 14.4 Å². The minimum absolute atomic E-state index is 0.0316. The Balaban J connectivity index is 1.81. The highest BCUT2D eigenvalue weighted by Gasteiger charge is 2.25. The Hall–Kier alpha value is -3.21. The number of ketones is 1. The van der Waals surface area contributed by atoms with Gasteiger partial charge in [0.15, 0.2) is 5.78 Å². The van der Waals surface area contributed by atoms with Crippen LogP contribution in [0.5, 0.6) is 0 Å². The number of hydrogen-bond donors (Lipinski definition) is 2. The third-order valence-corrected chi connectivity index (χ3v) is 3.86. The zero-order valence-corrected chi connectivity index (χ0v) is 14.6. The fourth-order valence-corrected chi connectivity index (χ4v) is 2.48. The number of benzene rings is 1. The molecule has 26 heavy (non-hydrogen) atoms. The highest BCUT2D eigenvalue weighted by molar-refractivity contribution is 6.01. The highest BCUT2D eigenvalue weighted by atomic mass is 16.6. The molecule has 0 saturated heterocycles. The molecule has 1 aromatic carbocycles. The van der Waals surface area contributed by atoms with E-state index in [4.69, 9.17) is 10.1 Å². The van der Waals surface area contributed by atoms with Gasteiger partial charge in [0.1, 0.15) is 12.1 Å². The minimum Gasteiger partial charge on any atom is -0.391 e. The Morgan fingerprint density at radius 1 is 1.31 bits per heavy atom. The van der Waals surface area contributed by atoms with Gasteiger partial charge in [-0.3, -0.25) is 14.4 Å². The lowest BCUT2D eigenvalue weighted by molar-refractivity contribution is -0.127. The van der Waals surface area contributed by atoms with Crippen molar-refractivity contribution in [2.75, 3.05) is 6.54 Å². The molecule has 2 unspecified atom stereocenters. The average molecular weight is 356 g/mol. The van der Waals surface area contributed by atoms with Crippen molar-refractivity contribution in [3.05, 3.63) is 35.4 Å². The van der Waals surface area contributed by atoms with Crippen LogP contribution in [-0.2, 0) is 19.2 Å². The zero-order valence-electron chi connectivity index (χ0n) is 14.6. The van der Waals surface area contributed by atoms with Crippen molar-refractivity contribution in [1.29, 1.82) is 5.26 Å². The summed E-state index contributed by atoms with van der Waals surface area (Å²) < 4.78 is 0. The van der Waals surface area contributed by atoms with Crippen LogP contribution in [-0.4, -0.2) is 42.0 Å². The molecule has 0 spiro atoms. The van der Waals surface area contributed by atoms with Gasteiger partial charge in [0.2, 0.25) is 11.8 Å². The molecule has 2 N–H and O–H groups in total. The van der Waals surface area contributed by atoms with Crippen molar-refractivity contribution in [1.82, 2.24) is 10.6 Å². The van der Waals surface area contributed by atoms with Crippen LogP contribution in [0.3, 0.4) is 0 Å². The maximum atomic E-state index is 12.0. The molecule has 1 aliphatic rings. The monoisotopic (exact) mass is 356 g/mol. The Bertz CT molecular complexity index is 764. The maximum absolute atomic E-state index is 12.0. The Kier molecular flexibility index (Phi) is 6.44. The van der Waals surface area contributed by atoms with Crippen molar-refractivity contribution in [2.45, 2.75) is 38.8 Å². The highest BCUT2D eigenvalue weighted by Crippen LogP contribution is 2.19. The zero-order chi connectivity index (χ0) is 19.1. The molecule has 1 aliphatic heterocycles. The van der Waals surface area contributed by atoms with Crippen molar-refractivity contribution in [2.24, 2.45) is 5.16 Å². The van der Waals surface area contributed by atoms with Gasteiger partial charge >= 0.3 is 0 Å². The molecular weight excluding hydrogens is 336 g/mol. The Labute approximate surface area is 151 Å². The van der Waals surface area contributed by atoms with E-state index in [1.807, 2.05) is 6.07 Å². The molecule has 2 rings (SSSR count). The first-order valence-electron chi connectivity index (χ1n) is 8.16. The van der Waals surface area contributed by atoms with Crippen molar-refractivity contribution in [3.8, 4) is 6.07 Å². The third kappa shape index (κ3) is 5.41. The molecule has 1 aromatic rings.